The maximum Gasteiger partial charge on any atom is 0.347 e. The Balaban J connectivity index is 1.55. The first kappa shape index (κ1) is 23.6. The van der Waals surface area contributed by atoms with Crippen LogP contribution < -0.4 is 0 Å². The molecular formula is C23H26N2O6S2. The number of benzene rings is 1. The van der Waals surface area contributed by atoms with Crippen LogP contribution in [0.3, 0.4) is 0 Å². The predicted octanol–water partition coefficient (Wildman–Crippen LogP) is 2.93. The highest BCUT2D eigenvalue weighted by molar-refractivity contribution is 7.92. The lowest BCUT2D eigenvalue weighted by Crippen LogP contribution is -2.26. The molecule has 1 aliphatic carbocycles. The summed E-state index contributed by atoms with van der Waals surface area (Å²) in [5.74, 6) is -1.50. The summed E-state index contributed by atoms with van der Waals surface area (Å²) in [7, 11) is -3.31. The van der Waals surface area contributed by atoms with Gasteiger partial charge in [-0.15, -0.1) is 11.3 Å². The fourth-order valence-corrected chi connectivity index (χ4v) is 6.74. The van der Waals surface area contributed by atoms with E-state index in [9.17, 15) is 22.8 Å². The van der Waals surface area contributed by atoms with Gasteiger partial charge >= 0.3 is 5.97 Å². The van der Waals surface area contributed by atoms with Crippen LogP contribution in [-0.4, -0.2) is 59.4 Å². The highest BCUT2D eigenvalue weighted by Gasteiger charge is 2.37. The number of hydrogen-bond acceptors (Lipinski definition) is 7. The molecular weight excluding hydrogens is 464 g/mol. The van der Waals surface area contributed by atoms with Crippen molar-refractivity contribution in [2.24, 2.45) is 5.92 Å². The van der Waals surface area contributed by atoms with Gasteiger partial charge in [-0.1, -0.05) is 12.1 Å². The van der Waals surface area contributed by atoms with Crippen LogP contribution in [0.4, 0.5) is 0 Å². The second-order valence-corrected chi connectivity index (χ2v) is 12.1. The first-order chi connectivity index (χ1) is 15.6. The van der Waals surface area contributed by atoms with Gasteiger partial charge < -0.3 is 10.0 Å². The molecule has 1 saturated carbocycles. The smallest absolute Gasteiger partial charge is 0.347 e. The van der Waals surface area contributed by atoms with Gasteiger partial charge in [-0.3, -0.25) is 9.59 Å². The zero-order valence-electron chi connectivity index (χ0n) is 18.3. The topological polar surface area (TPSA) is 122 Å². The molecule has 0 spiro atoms. The summed E-state index contributed by atoms with van der Waals surface area (Å²) in [5.41, 5.74) is 0.728. The Kier molecular flexibility index (Phi) is 6.67. The third-order valence-electron chi connectivity index (χ3n) is 6.35. The molecule has 2 atom stereocenters. The highest BCUT2D eigenvalue weighted by Crippen LogP contribution is 2.35. The molecule has 1 aromatic heterocycles. The van der Waals surface area contributed by atoms with E-state index in [1.807, 2.05) is 0 Å². The Morgan fingerprint density at radius 2 is 1.88 bits per heavy atom. The molecule has 33 heavy (non-hydrogen) atoms. The molecule has 0 radical (unpaired) electrons. The second-order valence-electron chi connectivity index (χ2n) is 8.79. The van der Waals surface area contributed by atoms with Gasteiger partial charge in [0.05, 0.1) is 22.8 Å². The minimum Gasteiger partial charge on any atom is -0.477 e. The highest BCUT2D eigenvalue weighted by atomic mass is 32.2. The van der Waals surface area contributed by atoms with Crippen LogP contribution >= 0.6 is 11.3 Å². The van der Waals surface area contributed by atoms with E-state index in [1.54, 1.807) is 29.2 Å². The number of carboxylic acids is 1. The number of ketones is 1. The van der Waals surface area contributed by atoms with E-state index in [4.69, 9.17) is 5.11 Å². The van der Waals surface area contributed by atoms with Gasteiger partial charge in [0.1, 0.15) is 15.7 Å². The molecule has 0 bridgehead atoms. The van der Waals surface area contributed by atoms with Gasteiger partial charge in [-0.05, 0) is 49.3 Å². The van der Waals surface area contributed by atoms with Gasteiger partial charge in [-0.2, -0.15) is 0 Å². The number of carbonyl (C=O) groups is 3. The molecule has 2 aromatic rings. The Bertz CT molecular complexity index is 1170. The standard InChI is InChI=1S/C23H26N2O6S2/c1-14(26)25-9-8-15(13-25)10-19(20(27)11-22-24-12-21(32-22)23(28)29)16-2-4-17(5-3-16)33(30,31)18-6-7-18/h2-5,12,15,18-19H,6-11,13H2,1H3,(H,28,29)/t15-,19-/m1/s1. The van der Waals surface area contributed by atoms with Gasteiger partial charge in [0.25, 0.3) is 0 Å². The number of rotatable bonds is 9. The summed E-state index contributed by atoms with van der Waals surface area (Å²) >= 11 is 0.981. The van der Waals surface area contributed by atoms with Crippen LogP contribution in [0.2, 0.25) is 0 Å². The van der Waals surface area contributed by atoms with Gasteiger partial charge in [-0.25, -0.2) is 18.2 Å². The number of thiazole rings is 1. The lowest BCUT2D eigenvalue weighted by atomic mass is 9.84. The first-order valence-electron chi connectivity index (χ1n) is 10.9. The first-order valence-corrected chi connectivity index (χ1v) is 13.3. The number of likely N-dealkylation sites (tertiary alicyclic amines) is 1. The largest absolute Gasteiger partial charge is 0.477 e. The van der Waals surface area contributed by atoms with Crippen molar-refractivity contribution < 1.29 is 27.9 Å². The van der Waals surface area contributed by atoms with Crippen molar-refractivity contribution in [2.75, 3.05) is 13.1 Å². The van der Waals surface area contributed by atoms with Crippen molar-refractivity contribution in [1.82, 2.24) is 9.88 Å². The Hall–Kier alpha value is -2.59. The van der Waals surface area contributed by atoms with Crippen LogP contribution in [0.1, 0.15) is 58.8 Å². The quantitative estimate of drug-likeness (QED) is 0.573. The number of amides is 1. The summed E-state index contributed by atoms with van der Waals surface area (Å²) in [6.45, 7) is 2.79. The molecule has 8 nitrogen and oxygen atoms in total. The van der Waals surface area contributed by atoms with Crippen LogP contribution in [0, 0.1) is 5.92 Å². The molecule has 1 aliphatic heterocycles. The van der Waals surface area contributed by atoms with Crippen LogP contribution in [0.15, 0.2) is 35.4 Å². The molecule has 0 unspecified atom stereocenters. The Morgan fingerprint density at radius 1 is 1.18 bits per heavy atom. The molecule has 2 aliphatic rings. The third-order valence-corrected chi connectivity index (χ3v) is 9.62. The number of sulfone groups is 1. The molecule has 4 rings (SSSR count). The molecule has 2 heterocycles. The van der Waals surface area contributed by atoms with Gasteiger partial charge in [0.2, 0.25) is 5.91 Å². The predicted molar refractivity (Wildman–Crippen MR) is 122 cm³/mol. The summed E-state index contributed by atoms with van der Waals surface area (Å²) in [5, 5.41) is 9.25. The fourth-order valence-electron chi connectivity index (χ4n) is 4.32. The van der Waals surface area contributed by atoms with Gasteiger partial charge in [0.15, 0.2) is 9.84 Å². The van der Waals surface area contributed by atoms with Gasteiger partial charge in [0, 0.05) is 25.9 Å². The van der Waals surface area contributed by atoms with Crippen molar-refractivity contribution in [3.8, 4) is 0 Å². The van der Waals surface area contributed by atoms with E-state index in [2.05, 4.69) is 4.98 Å². The van der Waals surface area contributed by atoms with Crippen molar-refractivity contribution in [2.45, 2.75) is 55.1 Å². The number of nitrogens with zero attached hydrogens (tertiary/aromatic N) is 2. The van der Waals surface area contributed by atoms with Crippen molar-refractivity contribution >= 4 is 38.8 Å². The lowest BCUT2D eigenvalue weighted by Gasteiger charge is -2.21. The molecule has 2 fully saturated rings. The molecule has 1 amide bonds. The summed E-state index contributed by atoms with van der Waals surface area (Å²) in [4.78, 5) is 42.4. The van der Waals surface area contributed by atoms with E-state index >= 15 is 0 Å². The number of Topliss-reactive ketones (excluding diaryl/α,β-unsaturated/α-hetero) is 1. The number of aromatic nitrogens is 1. The van der Waals surface area contributed by atoms with Crippen LogP contribution in [-0.2, 0) is 25.8 Å². The van der Waals surface area contributed by atoms with E-state index in [0.29, 0.717) is 37.4 Å². The second kappa shape index (κ2) is 9.34. The monoisotopic (exact) mass is 490 g/mol. The van der Waals surface area contributed by atoms with Crippen molar-refractivity contribution in [3.63, 3.8) is 0 Å². The van der Waals surface area contributed by atoms with E-state index in [-0.39, 0.29) is 39.1 Å². The summed E-state index contributed by atoms with van der Waals surface area (Å²) < 4.78 is 25.1. The summed E-state index contributed by atoms with van der Waals surface area (Å²) in [6, 6.07) is 6.57. The average Bonchev–Trinajstić information content (AvgIpc) is 3.36. The van der Waals surface area contributed by atoms with E-state index in [0.717, 1.165) is 23.3 Å². The summed E-state index contributed by atoms with van der Waals surface area (Å²) in [6.07, 6.45) is 3.97. The minimum atomic E-state index is -3.31. The SMILES string of the molecule is CC(=O)N1CC[C@H](C[C@@H](C(=O)Cc2ncc(C(=O)O)s2)c2ccc(S(=O)(=O)C3CC3)cc2)C1. The van der Waals surface area contributed by atoms with Crippen LogP contribution in [0.25, 0.3) is 0 Å². The van der Waals surface area contributed by atoms with Crippen molar-refractivity contribution in [1.29, 1.82) is 0 Å². The maximum atomic E-state index is 13.3. The number of hydrogen-bond donors (Lipinski definition) is 1. The zero-order valence-corrected chi connectivity index (χ0v) is 19.9. The van der Waals surface area contributed by atoms with E-state index in [1.165, 1.54) is 13.1 Å². The number of carbonyl (C=O) groups excluding carboxylic acids is 2. The molecule has 176 valence electrons. The fraction of sp³-hybridized carbons (Fsp3) is 0.478. The van der Waals surface area contributed by atoms with Crippen LogP contribution in [0.5, 0.6) is 0 Å². The number of aromatic carboxylic acids is 1. The zero-order chi connectivity index (χ0) is 23.8. The van der Waals surface area contributed by atoms with Crippen molar-refractivity contribution in [3.05, 3.63) is 45.9 Å². The molecule has 1 aromatic carbocycles. The normalized spacial score (nSPS) is 19.4. The van der Waals surface area contributed by atoms with E-state index < -0.39 is 21.7 Å². The Labute approximate surface area is 196 Å². The molecule has 10 heteroatoms. The molecule has 1 saturated heterocycles. The third kappa shape index (κ3) is 5.33. The molecule has 1 N–H and O–H groups in total. The minimum absolute atomic E-state index is 0.00782. The maximum absolute atomic E-state index is 13.3. The number of carboxylic acid groups (broad SMARTS) is 1. The Morgan fingerprint density at radius 3 is 2.42 bits per heavy atom. The lowest BCUT2D eigenvalue weighted by molar-refractivity contribution is -0.127. The average molecular weight is 491 g/mol.